The van der Waals surface area contributed by atoms with Crippen LogP contribution in [0.3, 0.4) is 0 Å². The van der Waals surface area contributed by atoms with E-state index in [2.05, 4.69) is 9.93 Å². The Balaban J connectivity index is 1.81. The van der Waals surface area contributed by atoms with Gasteiger partial charge >= 0.3 is 0 Å². The Bertz CT molecular complexity index is 1010. The van der Waals surface area contributed by atoms with Gasteiger partial charge in [-0.1, -0.05) is 48.5 Å². The van der Waals surface area contributed by atoms with Crippen LogP contribution in [0.4, 0.5) is 5.69 Å². The molecule has 0 saturated carbocycles. The lowest BCUT2D eigenvalue weighted by atomic mass is 10.1. The summed E-state index contributed by atoms with van der Waals surface area (Å²) in [5, 5.41) is 5.43. The molecule has 0 atom stereocenters. The first-order chi connectivity index (χ1) is 12.0. The van der Waals surface area contributed by atoms with Crippen LogP contribution in [-0.4, -0.2) is 28.7 Å². The lowest BCUT2D eigenvalue weighted by Crippen LogP contribution is -2.18. The van der Waals surface area contributed by atoms with Crippen LogP contribution in [0.15, 0.2) is 76.7 Å². The molecule has 5 nitrogen and oxygen atoms in total. The highest BCUT2D eigenvalue weighted by atomic mass is 32.2. The van der Waals surface area contributed by atoms with E-state index in [0.29, 0.717) is 5.39 Å². The van der Waals surface area contributed by atoms with E-state index >= 15 is 0 Å². The van der Waals surface area contributed by atoms with Crippen molar-refractivity contribution < 1.29 is 8.42 Å². The van der Waals surface area contributed by atoms with Crippen LogP contribution in [0.5, 0.6) is 0 Å². The number of benzene rings is 3. The Morgan fingerprint density at radius 3 is 2.32 bits per heavy atom. The third-order valence-corrected chi connectivity index (χ3v) is 5.12. The molecule has 0 aromatic heterocycles. The molecule has 0 aliphatic heterocycles. The van der Waals surface area contributed by atoms with Gasteiger partial charge in [0.1, 0.15) is 0 Å². The van der Waals surface area contributed by atoms with Gasteiger partial charge in [0.25, 0.3) is 10.0 Å². The highest BCUT2D eigenvalue weighted by molar-refractivity contribution is 7.89. The summed E-state index contributed by atoms with van der Waals surface area (Å²) in [5.41, 5.74) is 1.87. The van der Waals surface area contributed by atoms with Gasteiger partial charge in [-0.3, -0.25) is 0 Å². The summed E-state index contributed by atoms with van der Waals surface area (Å²) in [6.07, 6.45) is 1.49. The minimum Gasteiger partial charge on any atom is -0.378 e. The lowest BCUT2D eigenvalue weighted by molar-refractivity contribution is 0.585. The number of anilines is 1. The van der Waals surface area contributed by atoms with Gasteiger partial charge in [0.05, 0.1) is 11.1 Å². The van der Waals surface area contributed by atoms with Gasteiger partial charge in [0, 0.05) is 25.2 Å². The van der Waals surface area contributed by atoms with Gasteiger partial charge in [0.15, 0.2) is 0 Å². The molecule has 0 unspecified atom stereocenters. The van der Waals surface area contributed by atoms with E-state index in [-0.39, 0.29) is 4.90 Å². The topological polar surface area (TPSA) is 61.8 Å². The van der Waals surface area contributed by atoms with Crippen molar-refractivity contribution in [2.24, 2.45) is 5.10 Å². The van der Waals surface area contributed by atoms with E-state index in [1.165, 1.54) is 6.21 Å². The Morgan fingerprint density at radius 1 is 0.920 bits per heavy atom. The molecule has 0 saturated heterocycles. The summed E-state index contributed by atoms with van der Waals surface area (Å²) in [6, 6.07) is 20.2. The van der Waals surface area contributed by atoms with Gasteiger partial charge < -0.3 is 4.90 Å². The van der Waals surface area contributed by atoms with Crippen molar-refractivity contribution in [3.05, 3.63) is 72.3 Å². The predicted octanol–water partition coefficient (Wildman–Crippen LogP) is 3.22. The SMILES string of the molecule is CN(C)c1ccc(C=NNS(=O)(=O)c2cccc3ccccc23)cc1. The predicted molar refractivity (Wildman–Crippen MR) is 103 cm³/mol. The van der Waals surface area contributed by atoms with Crippen molar-refractivity contribution in [3.63, 3.8) is 0 Å². The van der Waals surface area contributed by atoms with Crippen molar-refractivity contribution in [2.75, 3.05) is 19.0 Å². The minimum absolute atomic E-state index is 0.214. The number of rotatable bonds is 5. The molecule has 3 aromatic rings. The first kappa shape index (κ1) is 17.0. The van der Waals surface area contributed by atoms with Crippen LogP contribution >= 0.6 is 0 Å². The molecule has 3 aromatic carbocycles. The molecular weight excluding hydrogens is 334 g/mol. The molecule has 0 aliphatic rings. The zero-order chi connectivity index (χ0) is 17.9. The second-order valence-electron chi connectivity index (χ2n) is 5.82. The first-order valence-electron chi connectivity index (χ1n) is 7.77. The fourth-order valence-corrected chi connectivity index (χ4v) is 3.53. The maximum absolute atomic E-state index is 12.5. The molecule has 0 heterocycles. The summed E-state index contributed by atoms with van der Waals surface area (Å²) >= 11 is 0. The molecular formula is C19H19N3O2S. The van der Waals surface area contributed by atoms with Gasteiger partial charge in [-0.05, 0) is 29.1 Å². The van der Waals surface area contributed by atoms with Gasteiger partial charge in [-0.15, -0.1) is 0 Å². The first-order valence-corrected chi connectivity index (χ1v) is 9.26. The number of nitrogens with zero attached hydrogens (tertiary/aromatic N) is 2. The lowest BCUT2D eigenvalue weighted by Gasteiger charge is -2.11. The fourth-order valence-electron chi connectivity index (χ4n) is 2.51. The third kappa shape index (κ3) is 3.80. The van der Waals surface area contributed by atoms with Crippen LogP contribution < -0.4 is 9.73 Å². The highest BCUT2D eigenvalue weighted by Crippen LogP contribution is 2.22. The molecule has 0 spiro atoms. The molecule has 0 fully saturated rings. The maximum Gasteiger partial charge on any atom is 0.277 e. The van der Waals surface area contributed by atoms with Crippen LogP contribution in [0, 0.1) is 0 Å². The van der Waals surface area contributed by atoms with Gasteiger partial charge in [0.2, 0.25) is 0 Å². The minimum atomic E-state index is -3.73. The molecule has 3 rings (SSSR count). The zero-order valence-electron chi connectivity index (χ0n) is 14.0. The van der Waals surface area contributed by atoms with E-state index in [0.717, 1.165) is 16.6 Å². The molecule has 1 N–H and O–H groups in total. The number of hydrogen-bond acceptors (Lipinski definition) is 4. The number of fused-ring (bicyclic) bond motifs is 1. The summed E-state index contributed by atoms with van der Waals surface area (Å²) in [7, 11) is 0.185. The number of hydrogen-bond donors (Lipinski definition) is 1. The summed E-state index contributed by atoms with van der Waals surface area (Å²) in [5.74, 6) is 0. The van der Waals surface area contributed by atoms with Crippen molar-refractivity contribution in [2.45, 2.75) is 4.90 Å². The molecule has 0 amide bonds. The quantitative estimate of drug-likeness (QED) is 0.566. The Labute approximate surface area is 147 Å². The fraction of sp³-hybridized carbons (Fsp3) is 0.105. The molecule has 6 heteroatoms. The normalized spacial score (nSPS) is 11.8. The van der Waals surface area contributed by atoms with Gasteiger partial charge in [-0.2, -0.15) is 13.5 Å². The standard InChI is InChI=1S/C19H19N3O2S/c1-22(2)17-12-10-15(11-13-17)14-20-21-25(23,24)19-9-5-7-16-6-3-4-8-18(16)19/h3-14,21H,1-2H3. The van der Waals surface area contributed by atoms with Crippen molar-refractivity contribution >= 4 is 32.7 Å². The molecule has 25 heavy (non-hydrogen) atoms. The smallest absolute Gasteiger partial charge is 0.277 e. The maximum atomic E-state index is 12.5. The Hall–Kier alpha value is -2.86. The van der Waals surface area contributed by atoms with E-state index in [9.17, 15) is 8.42 Å². The van der Waals surface area contributed by atoms with Crippen LogP contribution in [0.1, 0.15) is 5.56 Å². The summed E-state index contributed by atoms with van der Waals surface area (Å²) in [4.78, 5) is 4.49. The average Bonchev–Trinajstić information content (AvgIpc) is 2.61. The zero-order valence-corrected chi connectivity index (χ0v) is 14.9. The second-order valence-corrected chi connectivity index (χ2v) is 7.45. The van der Waals surface area contributed by atoms with Crippen molar-refractivity contribution in [3.8, 4) is 0 Å². The van der Waals surface area contributed by atoms with Gasteiger partial charge in [-0.25, -0.2) is 4.83 Å². The molecule has 128 valence electrons. The third-order valence-electron chi connectivity index (χ3n) is 3.84. The highest BCUT2D eigenvalue weighted by Gasteiger charge is 2.15. The van der Waals surface area contributed by atoms with Crippen LogP contribution in [-0.2, 0) is 10.0 Å². The Kier molecular flexibility index (Phi) is 4.72. The van der Waals surface area contributed by atoms with E-state index in [1.807, 2.05) is 67.5 Å². The summed E-state index contributed by atoms with van der Waals surface area (Å²) in [6.45, 7) is 0. The average molecular weight is 353 g/mol. The summed E-state index contributed by atoms with van der Waals surface area (Å²) < 4.78 is 25.1. The molecule has 0 bridgehead atoms. The Morgan fingerprint density at radius 2 is 1.60 bits per heavy atom. The van der Waals surface area contributed by atoms with E-state index < -0.39 is 10.0 Å². The van der Waals surface area contributed by atoms with Crippen LogP contribution in [0.25, 0.3) is 10.8 Å². The van der Waals surface area contributed by atoms with Crippen LogP contribution in [0.2, 0.25) is 0 Å². The van der Waals surface area contributed by atoms with E-state index in [4.69, 9.17) is 0 Å². The van der Waals surface area contributed by atoms with E-state index in [1.54, 1.807) is 18.2 Å². The molecule has 0 radical (unpaired) electrons. The number of hydrazone groups is 1. The monoisotopic (exact) mass is 353 g/mol. The second kappa shape index (κ2) is 6.94. The largest absolute Gasteiger partial charge is 0.378 e. The van der Waals surface area contributed by atoms with Crippen molar-refractivity contribution in [1.82, 2.24) is 4.83 Å². The van der Waals surface area contributed by atoms with Crippen molar-refractivity contribution in [1.29, 1.82) is 0 Å². The number of nitrogens with one attached hydrogen (secondary N) is 1. The molecule has 0 aliphatic carbocycles. The number of sulfonamides is 1.